The van der Waals surface area contributed by atoms with Crippen molar-refractivity contribution in [3.8, 4) is 5.75 Å². The highest BCUT2D eigenvalue weighted by molar-refractivity contribution is 6.34. The number of non-ortho nitro benzene ring substituents is 1. The molecule has 3 aromatic rings. The maximum absolute atomic E-state index is 13.4. The van der Waals surface area contributed by atoms with E-state index in [4.69, 9.17) is 4.74 Å². The van der Waals surface area contributed by atoms with Crippen molar-refractivity contribution in [2.75, 3.05) is 12.1 Å². The molecule has 0 aromatic heterocycles. The van der Waals surface area contributed by atoms with Crippen LogP contribution in [-0.4, -0.2) is 29.4 Å². The minimum absolute atomic E-state index is 0.0676. The molecule has 8 nitrogen and oxygen atoms in total. The molecule has 154 valence electrons. The first kappa shape index (κ1) is 20.0. The number of hydrazone groups is 1. The smallest absolute Gasteiger partial charge is 0.270 e. The highest BCUT2D eigenvalue weighted by Crippen LogP contribution is 2.30. The number of nitrogens with zero attached hydrogens (tertiary/aromatic N) is 3. The molecule has 0 bridgehead atoms. The van der Waals surface area contributed by atoms with Gasteiger partial charge in [-0.15, -0.1) is 0 Å². The topological polar surface area (TPSA) is 102 Å². The Hall–Kier alpha value is -4.33. The van der Waals surface area contributed by atoms with Crippen LogP contribution in [0.5, 0.6) is 5.75 Å². The maximum Gasteiger partial charge on any atom is 0.270 e. The number of Topliss-reactive ketones (excluding diaryl/α,β-unsaturated/α-hetero) is 1. The van der Waals surface area contributed by atoms with E-state index in [2.05, 4.69) is 5.10 Å². The zero-order chi connectivity index (χ0) is 22.0. The van der Waals surface area contributed by atoms with Crippen LogP contribution in [0.25, 0.3) is 0 Å². The molecule has 0 spiro atoms. The minimum atomic E-state index is -1.24. The SMILES string of the molecule is COc1cccc(C2=NN(c3ccccc3)C(=O)[C@H]2C(=O)c2cccc([N+](=O)[O-])c2)c1. The number of amides is 1. The summed E-state index contributed by atoms with van der Waals surface area (Å²) in [7, 11) is 1.52. The zero-order valence-electron chi connectivity index (χ0n) is 16.5. The van der Waals surface area contributed by atoms with Crippen LogP contribution in [0, 0.1) is 16.0 Å². The van der Waals surface area contributed by atoms with Gasteiger partial charge in [-0.3, -0.25) is 19.7 Å². The first-order valence-electron chi connectivity index (χ1n) is 9.40. The Morgan fingerprint density at radius 1 is 1.03 bits per heavy atom. The van der Waals surface area contributed by atoms with Gasteiger partial charge in [-0.1, -0.05) is 42.5 Å². The molecule has 1 aliphatic rings. The maximum atomic E-state index is 13.4. The van der Waals surface area contributed by atoms with Gasteiger partial charge < -0.3 is 4.74 Å². The van der Waals surface area contributed by atoms with Crippen molar-refractivity contribution >= 4 is 28.8 Å². The lowest BCUT2D eigenvalue weighted by Crippen LogP contribution is -2.33. The molecule has 0 saturated carbocycles. The highest BCUT2D eigenvalue weighted by atomic mass is 16.6. The quantitative estimate of drug-likeness (QED) is 0.263. The van der Waals surface area contributed by atoms with E-state index in [1.165, 1.54) is 36.4 Å². The Balaban J connectivity index is 1.81. The molecular formula is C23H17N3O5. The van der Waals surface area contributed by atoms with E-state index >= 15 is 0 Å². The molecule has 1 atom stereocenters. The summed E-state index contributed by atoms with van der Waals surface area (Å²) in [6.45, 7) is 0. The van der Waals surface area contributed by atoms with Gasteiger partial charge in [-0.25, -0.2) is 0 Å². The van der Waals surface area contributed by atoms with Crippen molar-refractivity contribution in [3.05, 3.63) is 100 Å². The molecule has 0 N–H and O–H groups in total. The Morgan fingerprint density at radius 2 is 1.77 bits per heavy atom. The first-order chi connectivity index (χ1) is 15.0. The molecule has 1 amide bonds. The predicted molar refractivity (Wildman–Crippen MR) is 114 cm³/mol. The number of carbonyl (C=O) groups excluding carboxylic acids is 2. The van der Waals surface area contributed by atoms with Gasteiger partial charge in [-0.05, 0) is 24.3 Å². The van der Waals surface area contributed by atoms with Gasteiger partial charge in [0.05, 0.1) is 23.4 Å². The fourth-order valence-electron chi connectivity index (χ4n) is 3.39. The average Bonchev–Trinajstić information content (AvgIpc) is 3.16. The van der Waals surface area contributed by atoms with Gasteiger partial charge in [0.1, 0.15) is 11.7 Å². The second-order valence-corrected chi connectivity index (χ2v) is 6.81. The van der Waals surface area contributed by atoms with E-state index in [9.17, 15) is 19.7 Å². The number of ketones is 1. The summed E-state index contributed by atoms with van der Waals surface area (Å²) in [5, 5.41) is 16.8. The number of hydrogen-bond acceptors (Lipinski definition) is 6. The van der Waals surface area contributed by atoms with Crippen molar-refractivity contribution in [1.29, 1.82) is 0 Å². The van der Waals surface area contributed by atoms with E-state index < -0.39 is 22.5 Å². The lowest BCUT2D eigenvalue weighted by atomic mass is 9.89. The molecular weight excluding hydrogens is 398 g/mol. The van der Waals surface area contributed by atoms with Crippen LogP contribution in [0.4, 0.5) is 11.4 Å². The van der Waals surface area contributed by atoms with Crippen LogP contribution >= 0.6 is 0 Å². The number of nitro groups is 1. The summed E-state index contributed by atoms with van der Waals surface area (Å²) >= 11 is 0. The third kappa shape index (κ3) is 3.78. The van der Waals surface area contributed by atoms with Gasteiger partial charge in [0.25, 0.3) is 11.6 Å². The molecule has 4 rings (SSSR count). The monoisotopic (exact) mass is 415 g/mol. The van der Waals surface area contributed by atoms with Crippen molar-refractivity contribution < 1.29 is 19.2 Å². The Labute approximate surface area is 177 Å². The van der Waals surface area contributed by atoms with E-state index in [0.29, 0.717) is 17.0 Å². The van der Waals surface area contributed by atoms with Gasteiger partial charge in [0.15, 0.2) is 5.78 Å². The number of anilines is 1. The van der Waals surface area contributed by atoms with Crippen LogP contribution in [-0.2, 0) is 4.79 Å². The molecule has 1 heterocycles. The molecule has 1 aliphatic heterocycles. The Morgan fingerprint density at radius 3 is 2.48 bits per heavy atom. The molecule has 0 aliphatic carbocycles. The summed E-state index contributed by atoms with van der Waals surface area (Å²) in [5.41, 5.74) is 1.16. The van der Waals surface area contributed by atoms with Gasteiger partial charge in [0.2, 0.25) is 0 Å². The van der Waals surface area contributed by atoms with Crippen molar-refractivity contribution in [2.24, 2.45) is 11.0 Å². The van der Waals surface area contributed by atoms with Crippen LogP contribution in [0.15, 0.2) is 84.0 Å². The van der Waals surface area contributed by atoms with Gasteiger partial charge >= 0.3 is 0 Å². The van der Waals surface area contributed by atoms with E-state index in [1.807, 2.05) is 6.07 Å². The normalized spacial score (nSPS) is 15.5. The Bertz CT molecular complexity index is 1210. The number of hydrogen-bond donors (Lipinski definition) is 0. The highest BCUT2D eigenvalue weighted by Gasteiger charge is 2.43. The molecule has 0 unspecified atom stereocenters. The largest absolute Gasteiger partial charge is 0.497 e. The van der Waals surface area contributed by atoms with Crippen molar-refractivity contribution in [3.63, 3.8) is 0 Å². The summed E-state index contributed by atoms with van der Waals surface area (Å²) in [5.74, 6) is -1.78. The predicted octanol–water partition coefficient (Wildman–Crippen LogP) is 3.85. The molecule has 31 heavy (non-hydrogen) atoms. The minimum Gasteiger partial charge on any atom is -0.497 e. The number of methoxy groups -OCH3 is 1. The summed E-state index contributed by atoms with van der Waals surface area (Å²) in [6.07, 6.45) is 0. The van der Waals surface area contributed by atoms with Crippen LogP contribution in [0.2, 0.25) is 0 Å². The lowest BCUT2D eigenvalue weighted by Gasteiger charge is -2.14. The van der Waals surface area contributed by atoms with Gasteiger partial charge in [-0.2, -0.15) is 10.1 Å². The number of ether oxygens (including phenoxy) is 1. The Kier molecular flexibility index (Phi) is 5.28. The number of rotatable bonds is 6. The second-order valence-electron chi connectivity index (χ2n) is 6.81. The standard InChI is InChI=1S/C23H17N3O5/c1-31-19-12-6-7-15(14-19)21-20(22(27)16-8-5-11-18(13-16)26(29)30)23(28)25(24-21)17-9-3-2-4-10-17/h2-14,20H,1H3/t20-/m1/s1. The molecule has 0 fully saturated rings. The number of nitro benzene ring substituents is 1. The molecule has 0 radical (unpaired) electrons. The molecule has 8 heteroatoms. The number of para-hydroxylation sites is 1. The number of carbonyl (C=O) groups is 2. The van der Waals surface area contributed by atoms with E-state index in [0.717, 1.165) is 0 Å². The molecule has 3 aromatic carbocycles. The van der Waals surface area contributed by atoms with Crippen LogP contribution in [0.1, 0.15) is 15.9 Å². The van der Waals surface area contributed by atoms with Crippen LogP contribution in [0.3, 0.4) is 0 Å². The van der Waals surface area contributed by atoms with Crippen molar-refractivity contribution in [2.45, 2.75) is 0 Å². The zero-order valence-corrected chi connectivity index (χ0v) is 16.5. The third-order valence-corrected chi connectivity index (χ3v) is 4.91. The average molecular weight is 415 g/mol. The third-order valence-electron chi connectivity index (χ3n) is 4.91. The van der Waals surface area contributed by atoms with Crippen molar-refractivity contribution in [1.82, 2.24) is 0 Å². The fourth-order valence-corrected chi connectivity index (χ4v) is 3.39. The fraction of sp³-hybridized carbons (Fsp3) is 0.0870. The summed E-state index contributed by atoms with van der Waals surface area (Å²) in [4.78, 5) is 37.2. The lowest BCUT2D eigenvalue weighted by molar-refractivity contribution is -0.384. The van der Waals surface area contributed by atoms with Crippen LogP contribution < -0.4 is 9.75 Å². The second kappa shape index (κ2) is 8.19. The number of benzene rings is 3. The summed E-state index contributed by atoms with van der Waals surface area (Å²) < 4.78 is 5.26. The first-order valence-corrected chi connectivity index (χ1v) is 9.40. The summed E-state index contributed by atoms with van der Waals surface area (Å²) in [6, 6.07) is 21.0. The molecule has 0 saturated heterocycles. The van der Waals surface area contributed by atoms with Gasteiger partial charge in [0, 0.05) is 23.3 Å². The van der Waals surface area contributed by atoms with E-state index in [-0.39, 0.29) is 17.0 Å². The van der Waals surface area contributed by atoms with E-state index in [1.54, 1.807) is 48.5 Å².